The lowest BCUT2D eigenvalue weighted by Crippen LogP contribution is -2.42. The molecule has 0 spiro atoms. The van der Waals surface area contributed by atoms with Gasteiger partial charge in [0, 0.05) is 18.7 Å². The fourth-order valence-corrected chi connectivity index (χ4v) is 2.68. The van der Waals surface area contributed by atoms with Gasteiger partial charge in [-0.05, 0) is 24.6 Å². The zero-order valence-electron chi connectivity index (χ0n) is 10.5. The highest BCUT2D eigenvalue weighted by Crippen LogP contribution is 2.26. The first-order valence-electron chi connectivity index (χ1n) is 5.95. The number of hydrogen-bond acceptors (Lipinski definition) is 4. The standard InChI is InChI=1S/C12H14N2O5S/c13-20(18,19)10-3-1-2-9(6-10)14-7-8(12(16)17)4-5-11(14)15/h1-3,6,8H,4-5,7H2,(H,16,17)(H2,13,18,19). The second kappa shape index (κ2) is 5.22. The molecule has 1 atom stereocenters. The molecule has 1 aliphatic heterocycles. The highest BCUT2D eigenvalue weighted by Gasteiger charge is 2.31. The summed E-state index contributed by atoms with van der Waals surface area (Å²) in [5, 5.41) is 14.1. The minimum Gasteiger partial charge on any atom is -0.481 e. The van der Waals surface area contributed by atoms with Crippen molar-refractivity contribution in [3.8, 4) is 0 Å². The number of amides is 1. The lowest BCUT2D eigenvalue weighted by Gasteiger charge is -2.30. The van der Waals surface area contributed by atoms with Gasteiger partial charge in [0.2, 0.25) is 15.9 Å². The maximum Gasteiger partial charge on any atom is 0.308 e. The molecule has 20 heavy (non-hydrogen) atoms. The van der Waals surface area contributed by atoms with E-state index in [4.69, 9.17) is 10.2 Å². The van der Waals surface area contributed by atoms with Crippen LogP contribution in [0, 0.1) is 5.92 Å². The summed E-state index contributed by atoms with van der Waals surface area (Å²) in [4.78, 5) is 24.1. The average molecular weight is 298 g/mol. The molecule has 1 fully saturated rings. The zero-order chi connectivity index (χ0) is 14.9. The van der Waals surface area contributed by atoms with Crippen LogP contribution in [0.5, 0.6) is 0 Å². The molecular formula is C12H14N2O5S. The second-order valence-corrected chi connectivity index (χ2v) is 6.18. The third-order valence-corrected chi connectivity index (χ3v) is 4.13. The first-order valence-corrected chi connectivity index (χ1v) is 7.49. The Bertz CT molecular complexity index is 656. The predicted molar refractivity (Wildman–Crippen MR) is 70.5 cm³/mol. The molecule has 1 aromatic rings. The number of hydrogen-bond donors (Lipinski definition) is 2. The van der Waals surface area contributed by atoms with Crippen LogP contribution in [0.25, 0.3) is 0 Å². The molecule has 0 radical (unpaired) electrons. The average Bonchev–Trinajstić information content (AvgIpc) is 2.38. The van der Waals surface area contributed by atoms with Crippen molar-refractivity contribution < 1.29 is 23.1 Å². The Morgan fingerprint density at radius 3 is 2.70 bits per heavy atom. The summed E-state index contributed by atoms with van der Waals surface area (Å²) in [5.74, 6) is -1.84. The lowest BCUT2D eigenvalue weighted by atomic mass is 9.97. The van der Waals surface area contributed by atoms with Crippen LogP contribution in [0.1, 0.15) is 12.8 Å². The van der Waals surface area contributed by atoms with Gasteiger partial charge in [-0.1, -0.05) is 6.07 Å². The minimum atomic E-state index is -3.87. The maximum absolute atomic E-state index is 11.9. The predicted octanol–water partition coefficient (Wildman–Crippen LogP) is 0.162. The molecule has 1 unspecified atom stereocenters. The van der Waals surface area contributed by atoms with Gasteiger partial charge in [0.15, 0.2) is 0 Å². The summed E-state index contributed by atoms with van der Waals surface area (Å²) in [6.07, 6.45) is 0.413. The molecule has 0 aliphatic carbocycles. The molecule has 8 heteroatoms. The Hall–Kier alpha value is -1.93. The van der Waals surface area contributed by atoms with E-state index in [0.717, 1.165) is 0 Å². The first kappa shape index (κ1) is 14.5. The van der Waals surface area contributed by atoms with Gasteiger partial charge in [0.1, 0.15) is 0 Å². The lowest BCUT2D eigenvalue weighted by molar-refractivity contribution is -0.142. The van der Waals surface area contributed by atoms with E-state index in [1.807, 2.05) is 0 Å². The van der Waals surface area contributed by atoms with Gasteiger partial charge in [-0.15, -0.1) is 0 Å². The van der Waals surface area contributed by atoms with E-state index in [1.54, 1.807) is 6.07 Å². The Morgan fingerprint density at radius 2 is 2.10 bits per heavy atom. The molecule has 0 aromatic heterocycles. The van der Waals surface area contributed by atoms with Crippen LogP contribution in [0.4, 0.5) is 5.69 Å². The summed E-state index contributed by atoms with van der Waals surface area (Å²) < 4.78 is 22.6. The molecule has 3 N–H and O–H groups in total. The number of sulfonamides is 1. The quantitative estimate of drug-likeness (QED) is 0.824. The van der Waals surface area contributed by atoms with E-state index >= 15 is 0 Å². The van der Waals surface area contributed by atoms with E-state index in [1.165, 1.54) is 23.1 Å². The molecule has 1 heterocycles. The van der Waals surface area contributed by atoms with Crippen LogP contribution < -0.4 is 10.0 Å². The first-order chi connectivity index (χ1) is 9.29. The van der Waals surface area contributed by atoms with E-state index in [-0.39, 0.29) is 23.8 Å². The highest BCUT2D eigenvalue weighted by molar-refractivity contribution is 7.89. The molecule has 0 bridgehead atoms. The SMILES string of the molecule is NS(=O)(=O)c1cccc(N2CC(C(=O)O)CCC2=O)c1. The van der Waals surface area contributed by atoms with E-state index in [2.05, 4.69) is 0 Å². The number of carbonyl (C=O) groups excluding carboxylic acids is 1. The summed E-state index contributed by atoms with van der Waals surface area (Å²) >= 11 is 0. The Labute approximate surface area is 116 Å². The summed E-state index contributed by atoms with van der Waals surface area (Å²) in [5.41, 5.74) is 0.340. The third kappa shape index (κ3) is 2.97. The van der Waals surface area contributed by atoms with Gasteiger partial charge in [-0.25, -0.2) is 13.6 Å². The van der Waals surface area contributed by atoms with Gasteiger partial charge < -0.3 is 10.0 Å². The van der Waals surface area contributed by atoms with Crippen LogP contribution in [0.3, 0.4) is 0 Å². The van der Waals surface area contributed by atoms with Gasteiger partial charge >= 0.3 is 5.97 Å². The van der Waals surface area contributed by atoms with Crippen LogP contribution in [-0.2, 0) is 19.6 Å². The fraction of sp³-hybridized carbons (Fsp3) is 0.333. The van der Waals surface area contributed by atoms with Crippen molar-refractivity contribution in [1.29, 1.82) is 0 Å². The zero-order valence-corrected chi connectivity index (χ0v) is 11.3. The van der Waals surface area contributed by atoms with Crippen molar-refractivity contribution in [2.75, 3.05) is 11.4 Å². The summed E-state index contributed by atoms with van der Waals surface area (Å²) in [6.45, 7) is 0.0300. The van der Waals surface area contributed by atoms with Crippen molar-refractivity contribution in [2.24, 2.45) is 11.1 Å². The number of nitrogens with two attached hydrogens (primary N) is 1. The topological polar surface area (TPSA) is 118 Å². The van der Waals surface area contributed by atoms with E-state index in [0.29, 0.717) is 12.1 Å². The number of anilines is 1. The number of carbonyl (C=O) groups is 2. The van der Waals surface area contributed by atoms with Crippen molar-refractivity contribution in [2.45, 2.75) is 17.7 Å². The van der Waals surface area contributed by atoms with Crippen molar-refractivity contribution in [3.63, 3.8) is 0 Å². The number of piperidine rings is 1. The van der Waals surface area contributed by atoms with Gasteiger partial charge in [0.25, 0.3) is 0 Å². The Kier molecular flexibility index (Phi) is 3.78. The smallest absolute Gasteiger partial charge is 0.308 e. The minimum absolute atomic E-state index is 0.0300. The van der Waals surface area contributed by atoms with Gasteiger partial charge in [-0.3, -0.25) is 9.59 Å². The number of rotatable bonds is 3. The fourth-order valence-electron chi connectivity index (χ4n) is 2.13. The van der Waals surface area contributed by atoms with Crippen LogP contribution >= 0.6 is 0 Å². The number of primary sulfonamides is 1. The molecule has 1 aromatic carbocycles. The molecule has 108 valence electrons. The van der Waals surface area contributed by atoms with Crippen molar-refractivity contribution >= 4 is 27.6 Å². The Morgan fingerprint density at radius 1 is 1.40 bits per heavy atom. The summed E-state index contributed by atoms with van der Waals surface area (Å²) in [6, 6.07) is 5.61. The second-order valence-electron chi connectivity index (χ2n) is 4.62. The molecule has 1 amide bonds. The van der Waals surface area contributed by atoms with E-state index in [9.17, 15) is 18.0 Å². The van der Waals surface area contributed by atoms with Crippen LogP contribution in [0.15, 0.2) is 29.2 Å². The Balaban J connectivity index is 2.34. The normalized spacial score (nSPS) is 19.9. The van der Waals surface area contributed by atoms with Crippen LogP contribution in [-0.4, -0.2) is 31.9 Å². The molecule has 1 saturated heterocycles. The van der Waals surface area contributed by atoms with Crippen molar-refractivity contribution in [3.05, 3.63) is 24.3 Å². The van der Waals surface area contributed by atoms with Gasteiger partial charge in [0.05, 0.1) is 10.8 Å². The number of carboxylic acid groups (broad SMARTS) is 1. The highest BCUT2D eigenvalue weighted by atomic mass is 32.2. The summed E-state index contributed by atoms with van der Waals surface area (Å²) in [7, 11) is -3.87. The van der Waals surface area contributed by atoms with E-state index < -0.39 is 21.9 Å². The number of aliphatic carboxylic acids is 1. The number of benzene rings is 1. The van der Waals surface area contributed by atoms with Gasteiger partial charge in [-0.2, -0.15) is 0 Å². The molecule has 1 aliphatic rings. The monoisotopic (exact) mass is 298 g/mol. The largest absolute Gasteiger partial charge is 0.481 e. The molecule has 2 rings (SSSR count). The maximum atomic E-state index is 11.9. The number of nitrogens with zero attached hydrogens (tertiary/aromatic N) is 1. The number of carboxylic acids is 1. The molecule has 0 saturated carbocycles. The molecular weight excluding hydrogens is 284 g/mol. The molecule has 7 nitrogen and oxygen atoms in total. The van der Waals surface area contributed by atoms with Crippen LogP contribution in [0.2, 0.25) is 0 Å². The third-order valence-electron chi connectivity index (χ3n) is 3.22. The van der Waals surface area contributed by atoms with Crippen molar-refractivity contribution in [1.82, 2.24) is 0 Å².